The molecule has 3 nitrogen and oxygen atoms in total. The number of nitrogens with zero attached hydrogens (tertiary/aromatic N) is 3. The van der Waals surface area contributed by atoms with Crippen molar-refractivity contribution in [3.05, 3.63) is 59.2 Å². The van der Waals surface area contributed by atoms with E-state index in [1.54, 1.807) is 30.1 Å². The normalized spacial score (nSPS) is 10.7. The number of thiophene rings is 1. The minimum absolute atomic E-state index is 0.548. The average molecular weight is 276 g/mol. The molecule has 0 atom stereocenters. The summed E-state index contributed by atoms with van der Waals surface area (Å²) in [5.74, 6) is 0. The molecule has 0 radical (unpaired) electrons. The number of aromatic nitrogens is 3. The quantitative estimate of drug-likeness (QED) is 0.682. The van der Waals surface area contributed by atoms with E-state index in [0.29, 0.717) is 5.15 Å². The van der Waals surface area contributed by atoms with Gasteiger partial charge in [0.05, 0.1) is 12.9 Å². The van der Waals surface area contributed by atoms with Gasteiger partial charge in [-0.05, 0) is 23.1 Å². The predicted molar refractivity (Wildman–Crippen MR) is 73.9 cm³/mol. The van der Waals surface area contributed by atoms with E-state index in [0.717, 1.165) is 22.5 Å². The van der Waals surface area contributed by atoms with E-state index in [4.69, 9.17) is 11.6 Å². The van der Waals surface area contributed by atoms with Crippen LogP contribution in [0.25, 0.3) is 10.4 Å². The maximum atomic E-state index is 6.15. The molecule has 0 aliphatic heterocycles. The SMILES string of the molecule is Clc1ncc(Cn2ccnc2)cc1-c1cccs1. The zero-order valence-corrected chi connectivity index (χ0v) is 11.0. The lowest BCUT2D eigenvalue weighted by atomic mass is 10.2. The Hall–Kier alpha value is -1.65. The highest BCUT2D eigenvalue weighted by Crippen LogP contribution is 2.30. The van der Waals surface area contributed by atoms with Gasteiger partial charge in [0.25, 0.3) is 0 Å². The standard InChI is InChI=1S/C13H10ClN3S/c14-13-11(12-2-1-5-18-12)6-10(7-16-13)8-17-4-3-15-9-17/h1-7,9H,8H2. The maximum Gasteiger partial charge on any atom is 0.137 e. The fourth-order valence-electron chi connectivity index (χ4n) is 1.77. The highest BCUT2D eigenvalue weighted by atomic mass is 35.5. The van der Waals surface area contributed by atoms with Crippen LogP contribution in [-0.2, 0) is 6.54 Å². The molecule has 3 aromatic heterocycles. The van der Waals surface area contributed by atoms with Crippen molar-refractivity contribution in [3.63, 3.8) is 0 Å². The van der Waals surface area contributed by atoms with Gasteiger partial charge in [0.15, 0.2) is 0 Å². The highest BCUT2D eigenvalue weighted by molar-refractivity contribution is 7.13. The summed E-state index contributed by atoms with van der Waals surface area (Å²) in [5, 5.41) is 2.58. The van der Waals surface area contributed by atoms with Crippen molar-refractivity contribution in [1.29, 1.82) is 0 Å². The summed E-state index contributed by atoms with van der Waals surface area (Å²) in [4.78, 5) is 9.42. The van der Waals surface area contributed by atoms with E-state index in [1.807, 2.05) is 22.2 Å². The molecule has 0 bridgehead atoms. The second-order valence-electron chi connectivity index (χ2n) is 3.89. The molecule has 0 spiro atoms. The van der Waals surface area contributed by atoms with Crippen LogP contribution in [0.3, 0.4) is 0 Å². The molecule has 0 saturated carbocycles. The summed E-state index contributed by atoms with van der Waals surface area (Å²) < 4.78 is 2.00. The zero-order valence-electron chi connectivity index (χ0n) is 9.45. The van der Waals surface area contributed by atoms with Crippen LogP contribution >= 0.6 is 22.9 Å². The molecule has 3 heterocycles. The summed E-state index contributed by atoms with van der Waals surface area (Å²) >= 11 is 7.81. The van der Waals surface area contributed by atoms with Crippen LogP contribution in [-0.4, -0.2) is 14.5 Å². The first-order valence-corrected chi connectivity index (χ1v) is 6.73. The van der Waals surface area contributed by atoms with E-state index in [9.17, 15) is 0 Å². The Morgan fingerprint density at radius 2 is 2.33 bits per heavy atom. The van der Waals surface area contributed by atoms with Crippen LogP contribution in [0.15, 0.2) is 48.5 Å². The molecule has 3 rings (SSSR count). The molecule has 0 aromatic carbocycles. The molecular weight excluding hydrogens is 266 g/mol. The Labute approximate surface area is 114 Å². The zero-order chi connectivity index (χ0) is 12.4. The van der Waals surface area contributed by atoms with Crippen molar-refractivity contribution in [3.8, 4) is 10.4 Å². The van der Waals surface area contributed by atoms with Gasteiger partial charge in [0.1, 0.15) is 5.15 Å². The van der Waals surface area contributed by atoms with E-state index >= 15 is 0 Å². The van der Waals surface area contributed by atoms with Crippen molar-refractivity contribution >= 4 is 22.9 Å². The largest absolute Gasteiger partial charge is 0.333 e. The van der Waals surface area contributed by atoms with Gasteiger partial charge in [-0.1, -0.05) is 17.7 Å². The van der Waals surface area contributed by atoms with Gasteiger partial charge in [0, 0.05) is 29.0 Å². The smallest absolute Gasteiger partial charge is 0.137 e. The molecule has 0 fully saturated rings. The number of hydrogen-bond acceptors (Lipinski definition) is 3. The second-order valence-corrected chi connectivity index (χ2v) is 5.20. The van der Waals surface area contributed by atoms with Gasteiger partial charge in [-0.3, -0.25) is 0 Å². The summed E-state index contributed by atoms with van der Waals surface area (Å²) in [6.45, 7) is 0.753. The molecule has 0 aliphatic carbocycles. The van der Waals surface area contributed by atoms with Crippen molar-refractivity contribution in [1.82, 2.24) is 14.5 Å². The third-order valence-corrected chi connectivity index (χ3v) is 3.81. The van der Waals surface area contributed by atoms with Crippen molar-refractivity contribution in [2.24, 2.45) is 0 Å². The molecule has 0 N–H and O–H groups in total. The summed E-state index contributed by atoms with van der Waals surface area (Å²) in [7, 11) is 0. The molecular formula is C13H10ClN3S. The summed E-state index contributed by atoms with van der Waals surface area (Å²) in [6.07, 6.45) is 7.29. The first-order valence-electron chi connectivity index (χ1n) is 5.47. The van der Waals surface area contributed by atoms with Crippen molar-refractivity contribution in [2.75, 3.05) is 0 Å². The Kier molecular flexibility index (Phi) is 3.13. The average Bonchev–Trinajstić information content (AvgIpc) is 3.04. The Balaban J connectivity index is 1.96. The van der Waals surface area contributed by atoms with Gasteiger partial charge >= 0.3 is 0 Å². The lowest BCUT2D eigenvalue weighted by molar-refractivity contribution is 0.794. The van der Waals surface area contributed by atoms with Crippen LogP contribution in [0, 0.1) is 0 Å². The lowest BCUT2D eigenvalue weighted by Crippen LogP contribution is -1.97. The third kappa shape index (κ3) is 2.30. The number of hydrogen-bond donors (Lipinski definition) is 0. The topological polar surface area (TPSA) is 30.7 Å². The molecule has 0 saturated heterocycles. The maximum absolute atomic E-state index is 6.15. The number of halogens is 1. The summed E-state index contributed by atoms with van der Waals surface area (Å²) in [5.41, 5.74) is 2.10. The van der Waals surface area contributed by atoms with Gasteiger partial charge < -0.3 is 4.57 Å². The van der Waals surface area contributed by atoms with E-state index < -0.39 is 0 Å². The van der Waals surface area contributed by atoms with Crippen LogP contribution in [0.4, 0.5) is 0 Å². The number of rotatable bonds is 3. The van der Waals surface area contributed by atoms with Gasteiger partial charge in [-0.25, -0.2) is 9.97 Å². The monoisotopic (exact) mass is 275 g/mol. The first-order chi connectivity index (χ1) is 8.83. The first kappa shape index (κ1) is 11.4. The lowest BCUT2D eigenvalue weighted by Gasteiger charge is -2.06. The highest BCUT2D eigenvalue weighted by Gasteiger charge is 2.07. The van der Waals surface area contributed by atoms with Gasteiger partial charge in [0.2, 0.25) is 0 Å². The molecule has 18 heavy (non-hydrogen) atoms. The molecule has 90 valence electrons. The van der Waals surface area contributed by atoms with E-state index in [2.05, 4.69) is 22.1 Å². The van der Waals surface area contributed by atoms with Crippen molar-refractivity contribution < 1.29 is 0 Å². The molecule has 0 amide bonds. The van der Waals surface area contributed by atoms with E-state index in [1.165, 1.54) is 0 Å². The van der Waals surface area contributed by atoms with Gasteiger partial charge in [-0.15, -0.1) is 11.3 Å². The Morgan fingerprint density at radius 1 is 1.39 bits per heavy atom. The molecule has 3 aromatic rings. The van der Waals surface area contributed by atoms with Crippen LogP contribution in [0.1, 0.15) is 5.56 Å². The Morgan fingerprint density at radius 3 is 3.06 bits per heavy atom. The molecule has 0 aliphatic rings. The third-order valence-electron chi connectivity index (χ3n) is 2.61. The number of pyridine rings is 1. The van der Waals surface area contributed by atoms with Crippen molar-refractivity contribution in [2.45, 2.75) is 6.54 Å². The predicted octanol–water partition coefficient (Wildman–Crippen LogP) is 3.71. The molecule has 0 unspecified atom stereocenters. The second kappa shape index (κ2) is 4.92. The summed E-state index contributed by atoms with van der Waals surface area (Å²) in [6, 6.07) is 6.15. The Bertz CT molecular complexity index is 632. The minimum atomic E-state index is 0.548. The minimum Gasteiger partial charge on any atom is -0.333 e. The molecule has 5 heteroatoms. The van der Waals surface area contributed by atoms with Crippen LogP contribution in [0.2, 0.25) is 5.15 Å². The van der Waals surface area contributed by atoms with Gasteiger partial charge in [-0.2, -0.15) is 0 Å². The number of imidazole rings is 1. The van der Waals surface area contributed by atoms with E-state index in [-0.39, 0.29) is 0 Å². The van der Waals surface area contributed by atoms with Crippen LogP contribution < -0.4 is 0 Å². The fraction of sp³-hybridized carbons (Fsp3) is 0.0769. The fourth-order valence-corrected chi connectivity index (χ4v) is 2.78. The van der Waals surface area contributed by atoms with Crippen LogP contribution in [0.5, 0.6) is 0 Å².